The van der Waals surface area contributed by atoms with E-state index in [9.17, 15) is 4.79 Å². The number of aromatic amines is 1. The van der Waals surface area contributed by atoms with Gasteiger partial charge in [0, 0.05) is 11.6 Å². The van der Waals surface area contributed by atoms with E-state index in [0.717, 1.165) is 33.5 Å². The number of fused-ring (bicyclic) bond motifs is 1. The van der Waals surface area contributed by atoms with Crippen molar-refractivity contribution in [1.29, 1.82) is 0 Å². The maximum atomic E-state index is 12.9. The lowest BCUT2D eigenvalue weighted by molar-refractivity contribution is -0.682. The number of hydrogen-bond donors (Lipinski definition) is 1. The van der Waals surface area contributed by atoms with Gasteiger partial charge in [0.25, 0.3) is 0 Å². The Morgan fingerprint density at radius 2 is 1.69 bits per heavy atom. The Morgan fingerprint density at radius 3 is 2.56 bits per heavy atom. The van der Waals surface area contributed by atoms with Crippen LogP contribution in [0.2, 0.25) is 0 Å². The molecule has 1 N–H and O–H groups in total. The highest BCUT2D eigenvalue weighted by Gasteiger charge is 2.15. The molecule has 5 rings (SSSR count). The molecule has 5 heteroatoms. The van der Waals surface area contributed by atoms with E-state index in [0.29, 0.717) is 12.2 Å². The van der Waals surface area contributed by atoms with Crippen molar-refractivity contribution >= 4 is 16.6 Å². The van der Waals surface area contributed by atoms with Crippen molar-refractivity contribution in [2.45, 2.75) is 13.2 Å². The molecule has 0 unspecified atom stereocenters. The number of carbonyl (C=O) groups is 1. The number of Topliss-reactive ketones (excluding diaryl/α,β-unsaturated/α-hetero) is 1. The van der Waals surface area contributed by atoms with E-state index in [2.05, 4.69) is 10.2 Å². The first-order valence-corrected chi connectivity index (χ1v) is 10.5. The largest absolute Gasteiger partial charge is 0.487 e. The summed E-state index contributed by atoms with van der Waals surface area (Å²) in [6, 6.07) is 29.4. The average molecular weight is 420 g/mol. The standard InChI is InChI=1S/C27H22N3O2/c31-27(22-13-12-20-7-4-5-8-21(20)15-22)18-30-14-6-9-23(17-30)26-16-24(28-29-26)19-32-25-10-2-1-3-11-25/h1-17H,18-19H2,(H,28,29)/q+1. The van der Waals surface area contributed by atoms with Crippen LogP contribution in [-0.4, -0.2) is 16.0 Å². The summed E-state index contributed by atoms with van der Waals surface area (Å²) in [5.41, 5.74) is 3.33. The summed E-state index contributed by atoms with van der Waals surface area (Å²) in [5.74, 6) is 0.880. The molecule has 32 heavy (non-hydrogen) atoms. The number of carbonyl (C=O) groups excluding carboxylic acids is 1. The van der Waals surface area contributed by atoms with E-state index in [-0.39, 0.29) is 12.3 Å². The smallest absolute Gasteiger partial charge is 0.227 e. The van der Waals surface area contributed by atoms with Crippen LogP contribution in [0.4, 0.5) is 0 Å². The van der Waals surface area contributed by atoms with Crippen molar-refractivity contribution in [3.63, 3.8) is 0 Å². The van der Waals surface area contributed by atoms with Gasteiger partial charge in [-0.25, -0.2) is 0 Å². The van der Waals surface area contributed by atoms with Crippen LogP contribution in [0.3, 0.4) is 0 Å². The number of rotatable bonds is 7. The quantitative estimate of drug-likeness (QED) is 0.298. The zero-order valence-electron chi connectivity index (χ0n) is 17.4. The van der Waals surface area contributed by atoms with Gasteiger partial charge in [0.1, 0.15) is 12.4 Å². The summed E-state index contributed by atoms with van der Waals surface area (Å²) in [4.78, 5) is 12.9. The molecule has 0 saturated heterocycles. The summed E-state index contributed by atoms with van der Waals surface area (Å²) < 4.78 is 7.67. The highest BCUT2D eigenvalue weighted by molar-refractivity contribution is 5.99. The van der Waals surface area contributed by atoms with Crippen LogP contribution >= 0.6 is 0 Å². The molecule has 0 amide bonds. The van der Waals surface area contributed by atoms with Crippen LogP contribution in [0.25, 0.3) is 22.0 Å². The van der Waals surface area contributed by atoms with Crippen LogP contribution in [0.5, 0.6) is 5.75 Å². The van der Waals surface area contributed by atoms with Crippen molar-refractivity contribution < 1.29 is 14.1 Å². The fourth-order valence-electron chi connectivity index (χ4n) is 3.65. The third-order valence-electron chi connectivity index (χ3n) is 5.32. The number of ketones is 1. The number of nitrogens with zero attached hydrogens (tertiary/aromatic N) is 2. The Labute approximate surface area is 185 Å². The van der Waals surface area contributed by atoms with Gasteiger partial charge < -0.3 is 4.74 Å². The van der Waals surface area contributed by atoms with E-state index in [1.807, 2.05) is 108 Å². The van der Waals surface area contributed by atoms with Gasteiger partial charge >= 0.3 is 0 Å². The third kappa shape index (κ3) is 4.42. The number of benzene rings is 3. The number of nitrogens with one attached hydrogen (secondary N) is 1. The number of ether oxygens (including phenoxy) is 1. The molecule has 0 atom stereocenters. The summed E-state index contributed by atoms with van der Waals surface area (Å²) in [6.07, 6.45) is 3.84. The molecule has 0 spiro atoms. The summed E-state index contributed by atoms with van der Waals surface area (Å²) in [7, 11) is 0. The summed E-state index contributed by atoms with van der Waals surface area (Å²) >= 11 is 0. The molecule has 3 aromatic carbocycles. The Bertz CT molecular complexity index is 1380. The fraction of sp³-hybridized carbons (Fsp3) is 0.0741. The number of para-hydroxylation sites is 1. The lowest BCUT2D eigenvalue weighted by Gasteiger charge is -2.03. The number of hydrogen-bond acceptors (Lipinski definition) is 3. The Hall–Kier alpha value is -4.25. The van der Waals surface area contributed by atoms with E-state index in [1.165, 1.54) is 0 Å². The molecule has 0 saturated carbocycles. The van der Waals surface area contributed by atoms with Crippen molar-refractivity contribution in [3.05, 3.63) is 115 Å². The van der Waals surface area contributed by atoms with Crippen LogP contribution in [0.1, 0.15) is 16.1 Å². The maximum Gasteiger partial charge on any atom is 0.227 e. The highest BCUT2D eigenvalue weighted by Crippen LogP contribution is 2.18. The predicted molar refractivity (Wildman–Crippen MR) is 123 cm³/mol. The maximum absolute atomic E-state index is 12.9. The molecule has 0 aliphatic carbocycles. The van der Waals surface area contributed by atoms with Gasteiger partial charge in [0.15, 0.2) is 12.4 Å². The first-order chi connectivity index (χ1) is 15.7. The predicted octanol–water partition coefficient (Wildman–Crippen LogP) is 4.98. The Kier molecular flexibility index (Phi) is 5.45. The van der Waals surface area contributed by atoms with Crippen molar-refractivity contribution in [2.75, 3.05) is 0 Å². The van der Waals surface area contributed by atoms with E-state index in [4.69, 9.17) is 4.74 Å². The van der Waals surface area contributed by atoms with Crippen molar-refractivity contribution in [1.82, 2.24) is 10.2 Å². The van der Waals surface area contributed by atoms with Crippen molar-refractivity contribution in [3.8, 4) is 17.0 Å². The first-order valence-electron chi connectivity index (χ1n) is 10.5. The van der Waals surface area contributed by atoms with Crippen LogP contribution in [0.15, 0.2) is 103 Å². The van der Waals surface area contributed by atoms with Gasteiger partial charge in [0.05, 0.1) is 17.0 Å². The van der Waals surface area contributed by atoms with Gasteiger partial charge in [-0.1, -0.05) is 54.6 Å². The second-order valence-electron chi connectivity index (χ2n) is 7.63. The Morgan fingerprint density at radius 1 is 0.875 bits per heavy atom. The minimum atomic E-state index is 0.0666. The SMILES string of the molecule is O=C(C[n+]1cccc(-c2cc(COc3ccccc3)[nH]n2)c1)c1ccc2ccccc2c1. The van der Waals surface area contributed by atoms with Crippen LogP contribution in [-0.2, 0) is 13.2 Å². The molecule has 0 bridgehead atoms. The lowest BCUT2D eigenvalue weighted by Crippen LogP contribution is -2.37. The average Bonchev–Trinajstić information content (AvgIpc) is 3.32. The third-order valence-corrected chi connectivity index (χ3v) is 5.32. The molecule has 2 heterocycles. The molecule has 0 radical (unpaired) electrons. The van der Waals surface area contributed by atoms with Gasteiger partial charge in [-0.2, -0.15) is 9.67 Å². The van der Waals surface area contributed by atoms with Gasteiger partial charge in [-0.05, 0) is 41.1 Å². The molecule has 0 aliphatic rings. The molecule has 156 valence electrons. The Balaban J connectivity index is 1.29. The molecule has 5 aromatic rings. The van der Waals surface area contributed by atoms with Crippen LogP contribution < -0.4 is 9.30 Å². The minimum Gasteiger partial charge on any atom is -0.487 e. The van der Waals surface area contributed by atoms with Gasteiger partial charge in [-0.3, -0.25) is 9.89 Å². The zero-order valence-corrected chi connectivity index (χ0v) is 17.4. The van der Waals surface area contributed by atoms with Crippen molar-refractivity contribution in [2.24, 2.45) is 0 Å². The summed E-state index contributed by atoms with van der Waals surface area (Å²) in [5, 5.41) is 9.63. The molecule has 0 aliphatic heterocycles. The molecular weight excluding hydrogens is 398 g/mol. The monoisotopic (exact) mass is 420 g/mol. The minimum absolute atomic E-state index is 0.0666. The molecular formula is C27H22N3O2+. The van der Waals surface area contributed by atoms with Gasteiger partial charge in [0.2, 0.25) is 12.3 Å². The zero-order chi connectivity index (χ0) is 21.8. The normalized spacial score (nSPS) is 10.9. The first kappa shape index (κ1) is 19.7. The van der Waals surface area contributed by atoms with E-state index in [1.54, 1.807) is 0 Å². The highest BCUT2D eigenvalue weighted by atomic mass is 16.5. The second-order valence-corrected chi connectivity index (χ2v) is 7.63. The van der Waals surface area contributed by atoms with Gasteiger partial charge in [-0.15, -0.1) is 0 Å². The lowest BCUT2D eigenvalue weighted by atomic mass is 10.0. The molecule has 5 nitrogen and oxygen atoms in total. The molecule has 0 fully saturated rings. The van der Waals surface area contributed by atoms with Crippen LogP contribution in [0, 0.1) is 0 Å². The topological polar surface area (TPSA) is 58.9 Å². The van der Waals surface area contributed by atoms with E-state index < -0.39 is 0 Å². The number of pyridine rings is 1. The summed E-state index contributed by atoms with van der Waals surface area (Å²) in [6.45, 7) is 0.672. The second kappa shape index (κ2) is 8.86. The fourth-order valence-corrected chi connectivity index (χ4v) is 3.65. The number of aromatic nitrogens is 3. The molecule has 2 aromatic heterocycles. The van der Waals surface area contributed by atoms with E-state index >= 15 is 0 Å². The number of H-pyrrole nitrogens is 1.